The molecule has 0 fully saturated rings. The van der Waals surface area contributed by atoms with Gasteiger partial charge in [-0.25, -0.2) is 4.98 Å². The van der Waals surface area contributed by atoms with Crippen LogP contribution in [0.4, 0.5) is 14.6 Å². The lowest BCUT2D eigenvalue weighted by Crippen LogP contribution is -2.20. The average molecular weight is 392 g/mol. The van der Waals surface area contributed by atoms with Crippen molar-refractivity contribution in [2.45, 2.75) is 5.92 Å². The van der Waals surface area contributed by atoms with Crippen LogP contribution in [-0.4, -0.2) is 34.6 Å². The summed E-state index contributed by atoms with van der Waals surface area (Å²) in [5, 5.41) is 16.5. The number of hydrogen-bond donors (Lipinski definition) is 1. The highest BCUT2D eigenvalue weighted by atomic mass is 19.3. The minimum absolute atomic E-state index is 0.225. The summed E-state index contributed by atoms with van der Waals surface area (Å²) in [6, 6.07) is 10.7. The van der Waals surface area contributed by atoms with Gasteiger partial charge in [-0.05, 0) is 36.4 Å². The molecule has 1 aromatic carbocycles. The second kappa shape index (κ2) is 6.03. The second-order valence-electron chi connectivity index (χ2n) is 6.63. The monoisotopic (exact) mass is 392 g/mol. The average Bonchev–Trinajstić information content (AvgIpc) is 3.33. The van der Waals surface area contributed by atoms with Gasteiger partial charge < -0.3 is 5.73 Å². The molecule has 0 aliphatic rings. The van der Waals surface area contributed by atoms with E-state index < -0.39 is 11.7 Å². The quantitative estimate of drug-likeness (QED) is 0.507. The zero-order chi connectivity index (χ0) is 20.2. The summed E-state index contributed by atoms with van der Waals surface area (Å²) in [7, 11) is 1.77. The Balaban J connectivity index is 1.64. The zero-order valence-electron chi connectivity index (χ0n) is 15.2. The molecule has 0 aliphatic heterocycles. The van der Waals surface area contributed by atoms with Crippen molar-refractivity contribution in [1.29, 1.82) is 0 Å². The van der Waals surface area contributed by atoms with Crippen LogP contribution in [0.15, 0.2) is 54.9 Å². The van der Waals surface area contributed by atoms with E-state index in [1.165, 1.54) is 18.2 Å². The summed E-state index contributed by atoms with van der Waals surface area (Å²) in [5.41, 5.74) is 7.37. The number of nitrogens with two attached hydrogens (primary N) is 1. The molecule has 4 heterocycles. The van der Waals surface area contributed by atoms with Crippen LogP contribution < -0.4 is 5.73 Å². The minimum atomic E-state index is -3.42. The lowest BCUT2D eigenvalue weighted by molar-refractivity contribution is 0.0307. The van der Waals surface area contributed by atoms with Crippen LogP contribution in [0.1, 0.15) is 11.4 Å². The van der Waals surface area contributed by atoms with E-state index in [4.69, 9.17) is 5.73 Å². The van der Waals surface area contributed by atoms with Gasteiger partial charge in [0, 0.05) is 29.8 Å². The number of hydrogen-bond acceptors (Lipinski definition) is 6. The summed E-state index contributed by atoms with van der Waals surface area (Å²) in [5.74, 6) is -3.66. The summed E-state index contributed by atoms with van der Waals surface area (Å²) < 4.78 is 33.4. The number of aromatic nitrogens is 7. The number of aryl methyl sites for hydroxylation is 1. The topological polar surface area (TPSA) is 99.8 Å². The fourth-order valence-corrected chi connectivity index (χ4v) is 3.16. The Hall–Kier alpha value is -3.95. The van der Waals surface area contributed by atoms with Gasteiger partial charge in [0.15, 0.2) is 5.65 Å². The molecule has 0 unspecified atom stereocenters. The number of anilines is 1. The predicted octanol–water partition coefficient (Wildman–Crippen LogP) is 2.80. The SMILES string of the molecule is Cn1cc(-c2ccc3nnc(C(F)(F)c4ccc5nc(N)ccc5c4)n3n2)cn1. The van der Waals surface area contributed by atoms with Crippen LogP contribution in [0.5, 0.6) is 0 Å². The first-order valence-corrected chi connectivity index (χ1v) is 8.68. The number of rotatable bonds is 3. The number of nitrogens with zero attached hydrogens (tertiary/aromatic N) is 7. The number of benzene rings is 1. The van der Waals surface area contributed by atoms with Crippen molar-refractivity contribution in [2.24, 2.45) is 7.05 Å². The predicted molar refractivity (Wildman–Crippen MR) is 102 cm³/mol. The molecule has 0 aliphatic carbocycles. The molecule has 8 nitrogen and oxygen atoms in total. The van der Waals surface area contributed by atoms with E-state index >= 15 is 8.78 Å². The molecular weight excluding hydrogens is 378 g/mol. The van der Waals surface area contributed by atoms with Crippen LogP contribution in [0.3, 0.4) is 0 Å². The third kappa shape index (κ3) is 2.76. The van der Waals surface area contributed by atoms with Crippen molar-refractivity contribution in [1.82, 2.24) is 34.6 Å². The molecule has 0 amide bonds. The lowest BCUT2D eigenvalue weighted by atomic mass is 10.0. The molecule has 0 saturated carbocycles. The fraction of sp³-hybridized carbons (Fsp3) is 0.105. The Kier molecular flexibility index (Phi) is 3.57. The van der Waals surface area contributed by atoms with Gasteiger partial charge in [-0.2, -0.15) is 23.5 Å². The summed E-state index contributed by atoms with van der Waals surface area (Å²) in [4.78, 5) is 4.14. The Labute approximate surface area is 162 Å². The highest BCUT2D eigenvalue weighted by molar-refractivity contribution is 5.81. The van der Waals surface area contributed by atoms with Gasteiger partial charge in [0.25, 0.3) is 0 Å². The maximum atomic E-state index is 15.4. The Morgan fingerprint density at radius 3 is 2.69 bits per heavy atom. The van der Waals surface area contributed by atoms with Gasteiger partial charge in [0.2, 0.25) is 5.82 Å². The number of alkyl halides is 2. The standard InChI is InChI=1S/C19H14F2N8/c1-28-10-12(9-23-28)15-5-7-17-25-26-18(29(17)27-15)19(20,21)13-3-4-14-11(8-13)2-6-16(22)24-14/h2-10H,1H3,(H2,22,24). The molecule has 2 N–H and O–H groups in total. The van der Waals surface area contributed by atoms with Gasteiger partial charge in [-0.15, -0.1) is 10.2 Å². The maximum Gasteiger partial charge on any atom is 0.333 e. The molecule has 4 aromatic heterocycles. The second-order valence-corrected chi connectivity index (χ2v) is 6.63. The first kappa shape index (κ1) is 17.2. The lowest BCUT2D eigenvalue weighted by Gasteiger charge is -2.15. The Morgan fingerprint density at radius 2 is 1.90 bits per heavy atom. The van der Waals surface area contributed by atoms with E-state index in [2.05, 4.69) is 25.4 Å². The molecule has 5 aromatic rings. The first-order valence-electron chi connectivity index (χ1n) is 8.68. The van der Waals surface area contributed by atoms with Gasteiger partial charge in [0.05, 0.1) is 17.4 Å². The summed E-state index contributed by atoms with van der Waals surface area (Å²) in [6.07, 6.45) is 3.36. The fourth-order valence-electron chi connectivity index (χ4n) is 3.16. The van der Waals surface area contributed by atoms with Crippen molar-refractivity contribution in [3.05, 3.63) is 66.2 Å². The van der Waals surface area contributed by atoms with Crippen molar-refractivity contribution < 1.29 is 8.78 Å². The maximum absolute atomic E-state index is 15.4. The molecule has 0 radical (unpaired) electrons. The zero-order valence-corrected chi connectivity index (χ0v) is 15.2. The van der Waals surface area contributed by atoms with Crippen LogP contribution >= 0.6 is 0 Å². The number of halogens is 2. The third-order valence-electron chi connectivity index (χ3n) is 4.62. The summed E-state index contributed by atoms with van der Waals surface area (Å²) >= 11 is 0. The van der Waals surface area contributed by atoms with E-state index in [1.807, 2.05) is 0 Å². The molecular formula is C19H14F2N8. The van der Waals surface area contributed by atoms with Gasteiger partial charge in [-0.1, -0.05) is 6.07 Å². The molecule has 0 atom stereocenters. The summed E-state index contributed by atoms with van der Waals surface area (Å²) in [6.45, 7) is 0. The minimum Gasteiger partial charge on any atom is -0.384 e. The normalized spacial score (nSPS) is 12.1. The first-order chi connectivity index (χ1) is 13.9. The van der Waals surface area contributed by atoms with Crippen molar-refractivity contribution in [2.75, 3.05) is 5.73 Å². The van der Waals surface area contributed by atoms with Gasteiger partial charge in [0.1, 0.15) is 5.82 Å². The Bertz CT molecular complexity index is 1370. The van der Waals surface area contributed by atoms with Crippen LogP contribution in [0, 0.1) is 0 Å². The number of pyridine rings is 1. The van der Waals surface area contributed by atoms with E-state index in [0.29, 0.717) is 28.0 Å². The van der Waals surface area contributed by atoms with Crippen LogP contribution in [-0.2, 0) is 13.0 Å². The van der Waals surface area contributed by atoms with Crippen molar-refractivity contribution in [3.63, 3.8) is 0 Å². The number of nitrogen functional groups attached to an aromatic ring is 1. The molecule has 0 bridgehead atoms. The van der Waals surface area contributed by atoms with Gasteiger partial charge in [-0.3, -0.25) is 4.68 Å². The van der Waals surface area contributed by atoms with Gasteiger partial charge >= 0.3 is 5.92 Å². The third-order valence-corrected chi connectivity index (χ3v) is 4.62. The molecule has 5 rings (SSSR count). The highest BCUT2D eigenvalue weighted by Gasteiger charge is 2.40. The molecule has 144 valence electrons. The van der Waals surface area contributed by atoms with E-state index in [0.717, 1.165) is 4.52 Å². The molecule has 0 saturated heterocycles. The van der Waals surface area contributed by atoms with E-state index in [-0.39, 0.29) is 11.2 Å². The molecule has 10 heteroatoms. The largest absolute Gasteiger partial charge is 0.384 e. The van der Waals surface area contributed by atoms with Crippen molar-refractivity contribution >= 4 is 22.4 Å². The molecule has 29 heavy (non-hydrogen) atoms. The number of fused-ring (bicyclic) bond motifs is 2. The van der Waals surface area contributed by atoms with E-state index in [9.17, 15) is 0 Å². The Morgan fingerprint density at radius 1 is 1.03 bits per heavy atom. The van der Waals surface area contributed by atoms with Crippen molar-refractivity contribution in [3.8, 4) is 11.3 Å². The van der Waals surface area contributed by atoms with E-state index in [1.54, 1.807) is 48.4 Å². The molecule has 0 spiro atoms. The van der Waals surface area contributed by atoms with Crippen LogP contribution in [0.25, 0.3) is 27.8 Å². The smallest absolute Gasteiger partial charge is 0.333 e. The van der Waals surface area contributed by atoms with Crippen LogP contribution in [0.2, 0.25) is 0 Å². The highest BCUT2D eigenvalue weighted by Crippen LogP contribution is 2.36.